The minimum Gasteiger partial charge on any atom is -0.349 e. The van der Waals surface area contributed by atoms with E-state index >= 15 is 0 Å². The third-order valence-electron chi connectivity index (χ3n) is 3.55. The molecule has 110 valence electrons. The van der Waals surface area contributed by atoms with E-state index in [1.54, 1.807) is 20.8 Å². The Balaban J connectivity index is 2.04. The second kappa shape index (κ2) is 4.28. The van der Waals surface area contributed by atoms with E-state index in [2.05, 4.69) is 4.98 Å². The van der Waals surface area contributed by atoms with Crippen LogP contribution in [-0.2, 0) is 14.2 Å². The first kappa shape index (κ1) is 12.3. The summed E-state index contributed by atoms with van der Waals surface area (Å²) in [5.74, 6) is -0.787. The number of ether oxygens (including phenoxy) is 3. The molecule has 7 nitrogen and oxygen atoms in total. The molecule has 1 unspecified atom stereocenters. The summed E-state index contributed by atoms with van der Waals surface area (Å²) in [6.45, 7) is 5.23. The van der Waals surface area contributed by atoms with Crippen molar-refractivity contribution in [1.29, 1.82) is 0 Å². The van der Waals surface area contributed by atoms with Crippen LogP contribution < -0.4 is 11.2 Å². The summed E-state index contributed by atoms with van der Waals surface area (Å²) in [5, 5.41) is 0. The van der Waals surface area contributed by atoms with E-state index in [0.29, 0.717) is 5.69 Å². The standard InChI is InChI=1S/C13H18N2O5/c1-6-5-8(16)14-12(17)15(6)11-10-9(7(2)18-11)19-13(3,4)20-10/h5,7,9-11H,1-4H3,(H,14,16,17)/t7-,9+,10?,11-/m1/s1/i2T. The van der Waals surface area contributed by atoms with Crippen LogP contribution in [0.3, 0.4) is 0 Å². The van der Waals surface area contributed by atoms with Crippen LogP contribution in [0.25, 0.3) is 0 Å². The van der Waals surface area contributed by atoms with Crippen molar-refractivity contribution in [2.24, 2.45) is 0 Å². The van der Waals surface area contributed by atoms with Crippen molar-refractivity contribution in [2.75, 3.05) is 0 Å². The van der Waals surface area contributed by atoms with Gasteiger partial charge in [0.25, 0.3) is 5.56 Å². The van der Waals surface area contributed by atoms with Gasteiger partial charge in [-0.25, -0.2) is 4.79 Å². The molecule has 1 aromatic rings. The van der Waals surface area contributed by atoms with Crippen molar-refractivity contribution in [1.82, 2.24) is 9.55 Å². The topological polar surface area (TPSA) is 82.6 Å². The van der Waals surface area contributed by atoms with E-state index in [-0.39, 0.29) is 6.90 Å². The molecule has 20 heavy (non-hydrogen) atoms. The molecule has 7 heteroatoms. The summed E-state index contributed by atoms with van der Waals surface area (Å²) >= 11 is 0. The van der Waals surface area contributed by atoms with Gasteiger partial charge in [-0.05, 0) is 27.7 Å². The fourth-order valence-electron chi connectivity index (χ4n) is 2.80. The van der Waals surface area contributed by atoms with Crippen LogP contribution in [-0.4, -0.2) is 33.7 Å². The highest BCUT2D eigenvalue weighted by atomic mass is 16.8. The number of rotatable bonds is 1. The van der Waals surface area contributed by atoms with Crippen LogP contribution in [0.2, 0.25) is 0 Å². The van der Waals surface area contributed by atoms with Crippen LogP contribution >= 0.6 is 0 Å². The lowest BCUT2D eigenvalue weighted by atomic mass is 10.1. The lowest BCUT2D eigenvalue weighted by Crippen LogP contribution is -2.38. The fraction of sp³-hybridized carbons (Fsp3) is 0.692. The Bertz CT molecular complexity index is 667. The Hall–Kier alpha value is -1.44. The molecule has 2 saturated heterocycles. The molecular weight excluding hydrogens is 264 g/mol. The lowest BCUT2D eigenvalue weighted by molar-refractivity contribution is -0.195. The summed E-state index contributed by atoms with van der Waals surface area (Å²) < 4.78 is 26.3. The lowest BCUT2D eigenvalue weighted by Gasteiger charge is -2.24. The molecule has 2 aliphatic rings. The Morgan fingerprint density at radius 1 is 1.35 bits per heavy atom. The van der Waals surface area contributed by atoms with E-state index in [1.807, 2.05) is 0 Å². The first-order valence-electron chi connectivity index (χ1n) is 7.16. The first-order valence-corrected chi connectivity index (χ1v) is 6.45. The Labute approximate surface area is 116 Å². The van der Waals surface area contributed by atoms with Crippen molar-refractivity contribution < 1.29 is 15.6 Å². The van der Waals surface area contributed by atoms with Gasteiger partial charge in [-0.1, -0.05) is 0 Å². The average molecular weight is 284 g/mol. The van der Waals surface area contributed by atoms with Gasteiger partial charge in [0, 0.05) is 13.1 Å². The third-order valence-corrected chi connectivity index (χ3v) is 3.55. The molecule has 4 atom stereocenters. The predicted molar refractivity (Wildman–Crippen MR) is 69.5 cm³/mol. The number of fused-ring (bicyclic) bond motifs is 1. The molecule has 0 bridgehead atoms. The zero-order chi connectivity index (χ0) is 15.4. The van der Waals surface area contributed by atoms with Gasteiger partial charge in [-0.2, -0.15) is 0 Å². The van der Waals surface area contributed by atoms with Crippen molar-refractivity contribution in [2.45, 2.75) is 58.0 Å². The van der Waals surface area contributed by atoms with Crippen LogP contribution in [0, 0.1) is 6.92 Å². The van der Waals surface area contributed by atoms with E-state index < -0.39 is 41.6 Å². The molecule has 0 aromatic carbocycles. The third kappa shape index (κ3) is 2.02. The minimum atomic E-state index is -0.787. The fourth-order valence-corrected chi connectivity index (χ4v) is 2.80. The van der Waals surface area contributed by atoms with E-state index in [4.69, 9.17) is 15.6 Å². The molecule has 0 spiro atoms. The van der Waals surface area contributed by atoms with Gasteiger partial charge in [0.05, 0.1) is 6.10 Å². The van der Waals surface area contributed by atoms with Crippen molar-refractivity contribution in [3.8, 4) is 0 Å². The number of aryl methyl sites for hydroxylation is 1. The van der Waals surface area contributed by atoms with Crippen molar-refractivity contribution in [3.05, 3.63) is 32.6 Å². The number of nitrogens with one attached hydrogen (secondary N) is 1. The highest BCUT2D eigenvalue weighted by molar-refractivity contribution is 5.04. The Kier molecular flexibility index (Phi) is 2.63. The number of hydrogen-bond donors (Lipinski definition) is 1. The van der Waals surface area contributed by atoms with E-state index in [0.717, 1.165) is 0 Å². The number of aromatic amines is 1. The summed E-state index contributed by atoms with van der Waals surface area (Å²) in [6, 6.07) is 1.33. The van der Waals surface area contributed by atoms with E-state index in [1.165, 1.54) is 10.6 Å². The quantitative estimate of drug-likeness (QED) is 0.801. The normalized spacial score (nSPS) is 35.9. The van der Waals surface area contributed by atoms with Crippen molar-refractivity contribution >= 4 is 0 Å². The Morgan fingerprint density at radius 3 is 2.70 bits per heavy atom. The summed E-state index contributed by atoms with van der Waals surface area (Å²) in [7, 11) is 0. The maximum Gasteiger partial charge on any atom is 0.330 e. The average Bonchev–Trinajstić information content (AvgIpc) is 2.82. The molecule has 1 N–H and O–H groups in total. The molecule has 3 heterocycles. The van der Waals surface area contributed by atoms with Crippen LogP contribution in [0.1, 0.15) is 34.0 Å². The zero-order valence-electron chi connectivity index (χ0n) is 12.6. The highest BCUT2D eigenvalue weighted by Gasteiger charge is 2.54. The van der Waals surface area contributed by atoms with Gasteiger partial charge in [0.2, 0.25) is 0 Å². The molecule has 0 amide bonds. The smallest absolute Gasteiger partial charge is 0.330 e. The molecule has 2 aliphatic heterocycles. The number of aromatic nitrogens is 2. The summed E-state index contributed by atoms with van der Waals surface area (Å²) in [4.78, 5) is 25.6. The summed E-state index contributed by atoms with van der Waals surface area (Å²) in [6.07, 6.45) is -2.07. The van der Waals surface area contributed by atoms with Crippen LogP contribution in [0.4, 0.5) is 0 Å². The highest BCUT2D eigenvalue weighted by Crippen LogP contribution is 2.42. The van der Waals surface area contributed by atoms with E-state index in [9.17, 15) is 9.59 Å². The molecule has 0 aliphatic carbocycles. The van der Waals surface area contributed by atoms with Crippen molar-refractivity contribution in [3.63, 3.8) is 0 Å². The van der Waals surface area contributed by atoms with Gasteiger partial charge in [0.15, 0.2) is 12.0 Å². The van der Waals surface area contributed by atoms with Gasteiger partial charge in [-0.3, -0.25) is 14.3 Å². The maximum absolute atomic E-state index is 12.1. The SMILES string of the molecule is [3H]C[C@H]1O[C@@H](n2c(C)cc(=O)[nH]c2=O)C2OC(C)(C)O[C@H]21. The molecule has 3 rings (SSSR count). The largest absolute Gasteiger partial charge is 0.349 e. The monoisotopic (exact) mass is 284 g/mol. The minimum absolute atomic E-state index is 0.00819. The van der Waals surface area contributed by atoms with Crippen LogP contribution in [0.5, 0.6) is 0 Å². The van der Waals surface area contributed by atoms with Gasteiger partial charge in [-0.15, -0.1) is 0 Å². The van der Waals surface area contributed by atoms with Gasteiger partial charge >= 0.3 is 5.69 Å². The molecule has 0 radical (unpaired) electrons. The molecule has 0 saturated carbocycles. The van der Waals surface area contributed by atoms with Gasteiger partial charge < -0.3 is 14.2 Å². The number of nitrogens with zero attached hydrogens (tertiary/aromatic N) is 1. The van der Waals surface area contributed by atoms with Gasteiger partial charge in [0.1, 0.15) is 12.2 Å². The second-order valence-electron chi connectivity index (χ2n) is 5.58. The van der Waals surface area contributed by atoms with Crippen LogP contribution in [0.15, 0.2) is 15.7 Å². The molecule has 2 fully saturated rings. The number of H-pyrrole nitrogens is 1. The Morgan fingerprint density at radius 2 is 2.05 bits per heavy atom. The molecular formula is C13H18N2O5. The molecule has 1 aromatic heterocycles. The second-order valence-corrected chi connectivity index (χ2v) is 5.58. The maximum atomic E-state index is 12.1. The zero-order valence-corrected chi connectivity index (χ0v) is 11.6. The predicted octanol–water partition coefficient (Wildman–Crippen LogP) is 0.282. The number of hydrogen-bond acceptors (Lipinski definition) is 5. The summed E-state index contributed by atoms with van der Waals surface area (Å²) in [5.41, 5.74) is -0.529. The first-order chi connectivity index (χ1) is 9.82.